The van der Waals surface area contributed by atoms with E-state index in [9.17, 15) is 18.0 Å². The molecule has 1 amide bonds. The van der Waals surface area contributed by atoms with E-state index in [1.165, 1.54) is 0 Å². The maximum Gasteiger partial charge on any atom is 0.406 e. The fraction of sp³-hybridized carbons (Fsp3) is 0.550. The third kappa shape index (κ3) is 5.98. The highest BCUT2D eigenvalue weighted by Crippen LogP contribution is 2.36. The summed E-state index contributed by atoms with van der Waals surface area (Å²) < 4.78 is 46.1. The van der Waals surface area contributed by atoms with E-state index in [0.717, 1.165) is 35.1 Å². The quantitative estimate of drug-likeness (QED) is 0.523. The van der Waals surface area contributed by atoms with Crippen molar-refractivity contribution < 1.29 is 22.7 Å². The fourth-order valence-corrected chi connectivity index (χ4v) is 4.13. The molecule has 6 nitrogen and oxygen atoms in total. The Morgan fingerprint density at radius 3 is 2.60 bits per heavy atom. The van der Waals surface area contributed by atoms with Crippen LogP contribution in [-0.2, 0) is 16.1 Å². The summed E-state index contributed by atoms with van der Waals surface area (Å²) >= 11 is 1.10. The highest BCUT2D eigenvalue weighted by atomic mass is 32.2. The predicted molar refractivity (Wildman–Crippen MR) is 108 cm³/mol. The molecule has 1 saturated carbocycles. The van der Waals surface area contributed by atoms with Crippen LogP contribution in [0.15, 0.2) is 35.5 Å². The van der Waals surface area contributed by atoms with Gasteiger partial charge in [0.1, 0.15) is 6.54 Å². The van der Waals surface area contributed by atoms with Crippen molar-refractivity contribution in [1.82, 2.24) is 19.7 Å². The SMILES string of the molecule is COCCn1c(SCC(=O)N(CC(F)(F)F)[C@@H](C)C2CC2)nnc1-c1ccccc1. The van der Waals surface area contributed by atoms with Crippen LogP contribution in [-0.4, -0.2) is 63.8 Å². The Morgan fingerprint density at radius 1 is 1.30 bits per heavy atom. The molecule has 10 heteroatoms. The second-order valence-corrected chi connectivity index (χ2v) is 8.26. The lowest BCUT2D eigenvalue weighted by Gasteiger charge is -2.30. The maximum absolute atomic E-state index is 13.0. The van der Waals surface area contributed by atoms with Crippen LogP contribution >= 0.6 is 11.8 Å². The van der Waals surface area contributed by atoms with Gasteiger partial charge in [0, 0.05) is 18.7 Å². The average molecular weight is 443 g/mol. The van der Waals surface area contributed by atoms with Crippen LogP contribution in [0.4, 0.5) is 13.2 Å². The molecule has 1 aliphatic carbocycles. The van der Waals surface area contributed by atoms with Crippen molar-refractivity contribution in [2.24, 2.45) is 5.92 Å². The number of methoxy groups -OCH3 is 1. The second-order valence-electron chi connectivity index (χ2n) is 7.32. The second kappa shape index (κ2) is 9.82. The topological polar surface area (TPSA) is 60.2 Å². The van der Waals surface area contributed by atoms with Crippen LogP contribution in [0.25, 0.3) is 11.4 Å². The molecule has 0 aliphatic heterocycles. The van der Waals surface area contributed by atoms with E-state index in [1.807, 2.05) is 34.9 Å². The summed E-state index contributed by atoms with van der Waals surface area (Å²) in [5.41, 5.74) is 0.861. The van der Waals surface area contributed by atoms with E-state index in [-0.39, 0.29) is 11.7 Å². The third-order valence-electron chi connectivity index (χ3n) is 5.06. The minimum atomic E-state index is -4.43. The van der Waals surface area contributed by atoms with Gasteiger partial charge in [-0.3, -0.25) is 9.36 Å². The van der Waals surface area contributed by atoms with Gasteiger partial charge >= 0.3 is 6.18 Å². The predicted octanol–water partition coefficient (Wildman–Crippen LogP) is 3.87. The summed E-state index contributed by atoms with van der Waals surface area (Å²) in [5.74, 6) is 0.101. The van der Waals surface area contributed by atoms with Gasteiger partial charge in [0.05, 0.1) is 18.9 Å². The number of carbonyl (C=O) groups is 1. The van der Waals surface area contributed by atoms with Gasteiger partial charge < -0.3 is 9.64 Å². The summed E-state index contributed by atoms with van der Waals surface area (Å²) in [6.45, 7) is 1.35. The molecule has 0 radical (unpaired) electrons. The minimum Gasteiger partial charge on any atom is -0.383 e. The number of carbonyl (C=O) groups excluding carboxylic acids is 1. The number of hydrogen-bond donors (Lipinski definition) is 0. The molecule has 0 spiro atoms. The third-order valence-corrected chi connectivity index (χ3v) is 6.01. The number of aromatic nitrogens is 3. The smallest absolute Gasteiger partial charge is 0.383 e. The Bertz CT molecular complexity index is 840. The van der Waals surface area contributed by atoms with Gasteiger partial charge in [-0.1, -0.05) is 42.1 Å². The lowest BCUT2D eigenvalue weighted by atomic mass is 10.2. The van der Waals surface area contributed by atoms with Crippen LogP contribution in [0.1, 0.15) is 19.8 Å². The Kier molecular flexibility index (Phi) is 7.41. The van der Waals surface area contributed by atoms with Gasteiger partial charge in [-0.2, -0.15) is 13.2 Å². The van der Waals surface area contributed by atoms with Crippen molar-refractivity contribution >= 4 is 17.7 Å². The van der Waals surface area contributed by atoms with E-state index in [1.54, 1.807) is 14.0 Å². The molecular formula is C20H25F3N4O2S. The van der Waals surface area contributed by atoms with Gasteiger partial charge in [-0.25, -0.2) is 0 Å². The average Bonchev–Trinajstić information content (AvgIpc) is 3.49. The monoisotopic (exact) mass is 442 g/mol. The summed E-state index contributed by atoms with van der Waals surface area (Å²) in [7, 11) is 1.58. The number of hydrogen-bond acceptors (Lipinski definition) is 5. The number of halogens is 3. The van der Waals surface area contributed by atoms with Crippen molar-refractivity contribution in [1.29, 1.82) is 0 Å². The first kappa shape index (κ1) is 22.6. The highest BCUT2D eigenvalue weighted by Gasteiger charge is 2.40. The summed E-state index contributed by atoms with van der Waals surface area (Å²) in [6, 6.07) is 9.03. The number of thioether (sulfide) groups is 1. The number of ether oxygens (including phenoxy) is 1. The molecule has 1 aromatic carbocycles. The van der Waals surface area contributed by atoms with Gasteiger partial charge in [0.25, 0.3) is 0 Å². The van der Waals surface area contributed by atoms with Crippen LogP contribution in [0.2, 0.25) is 0 Å². The maximum atomic E-state index is 13.0. The molecule has 1 heterocycles. The molecule has 2 aromatic rings. The van der Waals surface area contributed by atoms with Crippen molar-refractivity contribution in [3.8, 4) is 11.4 Å². The van der Waals surface area contributed by atoms with Gasteiger partial charge in [-0.05, 0) is 25.7 Å². The molecule has 164 valence electrons. The standard InChI is InChI=1S/C20H25F3N4O2S/c1-14(15-8-9-15)27(13-20(21,22)23)17(28)12-30-19-25-24-18(26(19)10-11-29-2)16-6-4-3-5-7-16/h3-7,14-15H,8-13H2,1-2H3/t14-/m0/s1. The Labute approximate surface area is 177 Å². The van der Waals surface area contributed by atoms with Crippen molar-refractivity contribution in [3.05, 3.63) is 30.3 Å². The zero-order valence-corrected chi connectivity index (χ0v) is 17.7. The summed E-state index contributed by atoms with van der Waals surface area (Å²) in [4.78, 5) is 13.7. The molecule has 3 rings (SSSR count). The zero-order valence-electron chi connectivity index (χ0n) is 16.9. The van der Waals surface area contributed by atoms with Crippen LogP contribution in [0.5, 0.6) is 0 Å². The van der Waals surface area contributed by atoms with Crippen LogP contribution in [0.3, 0.4) is 0 Å². The highest BCUT2D eigenvalue weighted by molar-refractivity contribution is 7.99. The van der Waals surface area contributed by atoms with E-state index in [4.69, 9.17) is 4.74 Å². The Hall–Kier alpha value is -2.07. The summed E-state index contributed by atoms with van der Waals surface area (Å²) in [5, 5.41) is 8.87. The molecule has 1 atom stereocenters. The molecule has 0 N–H and O–H groups in total. The lowest BCUT2D eigenvalue weighted by Crippen LogP contribution is -2.46. The fourth-order valence-electron chi connectivity index (χ4n) is 3.28. The Morgan fingerprint density at radius 2 is 2.00 bits per heavy atom. The number of amides is 1. The Balaban J connectivity index is 1.74. The first-order valence-corrected chi connectivity index (χ1v) is 10.8. The molecule has 0 saturated heterocycles. The molecule has 1 fully saturated rings. The van der Waals surface area contributed by atoms with Gasteiger partial charge in [0.15, 0.2) is 11.0 Å². The van der Waals surface area contributed by atoms with Crippen LogP contribution in [0, 0.1) is 5.92 Å². The van der Waals surface area contributed by atoms with E-state index < -0.39 is 24.7 Å². The number of benzene rings is 1. The first-order valence-electron chi connectivity index (χ1n) is 9.76. The van der Waals surface area contributed by atoms with Crippen molar-refractivity contribution in [3.63, 3.8) is 0 Å². The lowest BCUT2D eigenvalue weighted by molar-refractivity contribution is -0.164. The number of nitrogens with zero attached hydrogens (tertiary/aromatic N) is 4. The van der Waals surface area contributed by atoms with Gasteiger partial charge in [-0.15, -0.1) is 10.2 Å². The van der Waals surface area contributed by atoms with Crippen LogP contribution < -0.4 is 0 Å². The van der Waals surface area contributed by atoms with Crippen molar-refractivity contribution in [2.45, 2.75) is 43.7 Å². The number of rotatable bonds is 10. The zero-order chi connectivity index (χ0) is 21.7. The van der Waals surface area contributed by atoms with E-state index >= 15 is 0 Å². The number of alkyl halides is 3. The molecule has 0 unspecified atom stereocenters. The van der Waals surface area contributed by atoms with E-state index in [2.05, 4.69) is 10.2 Å². The van der Waals surface area contributed by atoms with Crippen molar-refractivity contribution in [2.75, 3.05) is 26.0 Å². The first-order chi connectivity index (χ1) is 14.3. The normalized spacial score (nSPS) is 15.2. The molecule has 0 bridgehead atoms. The van der Waals surface area contributed by atoms with Gasteiger partial charge in [0.2, 0.25) is 5.91 Å². The molecule has 30 heavy (non-hydrogen) atoms. The molecular weight excluding hydrogens is 417 g/mol. The molecule has 1 aromatic heterocycles. The minimum absolute atomic E-state index is 0.132. The van der Waals surface area contributed by atoms with E-state index in [0.29, 0.717) is 24.1 Å². The largest absolute Gasteiger partial charge is 0.406 e. The summed E-state index contributed by atoms with van der Waals surface area (Å²) in [6.07, 6.45) is -2.70. The molecule has 1 aliphatic rings.